The van der Waals surface area contributed by atoms with E-state index in [2.05, 4.69) is 63.4 Å². The van der Waals surface area contributed by atoms with Crippen LogP contribution in [0.3, 0.4) is 0 Å². The summed E-state index contributed by atoms with van der Waals surface area (Å²) in [7, 11) is 0. The van der Waals surface area contributed by atoms with Gasteiger partial charge in [-0.15, -0.1) is 11.3 Å². The lowest BCUT2D eigenvalue weighted by Gasteiger charge is -2.05. The van der Waals surface area contributed by atoms with Gasteiger partial charge in [0.05, 0.1) is 43.1 Å². The van der Waals surface area contributed by atoms with Gasteiger partial charge in [-0.3, -0.25) is 9.48 Å². The van der Waals surface area contributed by atoms with E-state index in [0.717, 1.165) is 28.9 Å². The van der Waals surface area contributed by atoms with E-state index in [1.165, 1.54) is 11.3 Å². The van der Waals surface area contributed by atoms with E-state index in [0.29, 0.717) is 11.6 Å². The fourth-order valence-electron chi connectivity index (χ4n) is 2.26. The molecule has 3 rings (SSSR count). The number of thiophene rings is 1. The molecule has 1 amide bonds. The Balaban J connectivity index is 1.64. The summed E-state index contributed by atoms with van der Waals surface area (Å²) in [6.45, 7) is 0.563. The highest BCUT2D eigenvalue weighted by Crippen LogP contribution is 2.32. The zero-order chi connectivity index (χ0) is 19.4. The number of carbonyl (C=O) groups excluding carboxylic acids is 1. The van der Waals surface area contributed by atoms with Gasteiger partial charge in [0.25, 0.3) is 0 Å². The minimum atomic E-state index is -0.197. The van der Waals surface area contributed by atoms with Gasteiger partial charge in [-0.1, -0.05) is 23.7 Å². The third-order valence-corrected chi connectivity index (χ3v) is 6.86. The summed E-state index contributed by atoms with van der Waals surface area (Å²) < 4.78 is 4.47. The van der Waals surface area contributed by atoms with Crippen LogP contribution in [0.1, 0.15) is 16.8 Å². The lowest BCUT2D eigenvalue weighted by Crippen LogP contribution is -2.20. The number of hydrogen-bond acceptors (Lipinski definition) is 4. The maximum Gasteiger partial charge on any atom is 0.244 e. The molecule has 1 aromatic carbocycles. The number of nitrogens with zero attached hydrogens (tertiary/aromatic N) is 3. The third kappa shape index (κ3) is 5.74. The van der Waals surface area contributed by atoms with Gasteiger partial charge in [-0.25, -0.2) is 5.43 Å². The average molecular weight is 596 g/mol. The van der Waals surface area contributed by atoms with E-state index in [4.69, 9.17) is 11.6 Å². The molecule has 0 bridgehead atoms. The van der Waals surface area contributed by atoms with Crippen LogP contribution in [0.4, 0.5) is 0 Å². The standard InChI is InChI=1S/C17H12Br3ClN4OS/c18-13-7-23-25(9-10-1-3-12(21)4-2-10)14(13)8-22-24-16(26)6-11-5-15(19)27-17(11)20/h1-5,7-8H,6,9H2,(H,24,26)/b22-8-. The van der Waals surface area contributed by atoms with Crippen LogP contribution in [0, 0.1) is 0 Å². The van der Waals surface area contributed by atoms with Crippen molar-refractivity contribution in [1.29, 1.82) is 0 Å². The lowest BCUT2D eigenvalue weighted by atomic mass is 10.2. The van der Waals surface area contributed by atoms with Gasteiger partial charge in [0.2, 0.25) is 5.91 Å². The van der Waals surface area contributed by atoms with Gasteiger partial charge in [-0.2, -0.15) is 10.2 Å². The topological polar surface area (TPSA) is 59.3 Å². The Bertz CT molecular complexity index is 985. The normalized spacial score (nSPS) is 11.3. The maximum absolute atomic E-state index is 12.1. The van der Waals surface area contributed by atoms with Crippen LogP contribution in [0.5, 0.6) is 0 Å². The Morgan fingerprint density at radius 2 is 2.04 bits per heavy atom. The number of rotatable bonds is 6. The molecule has 0 atom stereocenters. The summed E-state index contributed by atoms with van der Waals surface area (Å²) in [4.78, 5) is 12.1. The Hall–Kier alpha value is -1.00. The van der Waals surface area contributed by atoms with E-state index >= 15 is 0 Å². The highest BCUT2D eigenvalue weighted by atomic mass is 79.9. The molecule has 0 aliphatic rings. The number of benzene rings is 1. The number of halogens is 4. The summed E-state index contributed by atoms with van der Waals surface area (Å²) in [6.07, 6.45) is 3.51. The average Bonchev–Trinajstić information content (AvgIpc) is 3.12. The molecule has 0 fully saturated rings. The van der Waals surface area contributed by atoms with Gasteiger partial charge in [0, 0.05) is 5.02 Å². The van der Waals surface area contributed by atoms with Crippen molar-refractivity contribution in [3.63, 3.8) is 0 Å². The van der Waals surface area contributed by atoms with Gasteiger partial charge in [0.15, 0.2) is 0 Å². The van der Waals surface area contributed by atoms with Crippen LogP contribution < -0.4 is 5.43 Å². The van der Waals surface area contributed by atoms with Crippen LogP contribution in [0.25, 0.3) is 0 Å². The van der Waals surface area contributed by atoms with Crippen LogP contribution in [0.2, 0.25) is 5.02 Å². The molecule has 3 aromatic rings. The Labute approximate surface area is 190 Å². The van der Waals surface area contributed by atoms with Crippen molar-refractivity contribution >= 4 is 82.8 Å². The molecule has 27 heavy (non-hydrogen) atoms. The quantitative estimate of drug-likeness (QED) is 0.297. The van der Waals surface area contributed by atoms with Crippen molar-refractivity contribution < 1.29 is 4.79 Å². The summed E-state index contributed by atoms with van der Waals surface area (Å²) >= 11 is 17.8. The zero-order valence-corrected chi connectivity index (χ0v) is 20.0. The van der Waals surface area contributed by atoms with Crippen molar-refractivity contribution in [2.24, 2.45) is 5.10 Å². The SMILES string of the molecule is O=C(Cc1cc(Br)sc1Br)N/N=C\c1c(Br)cnn1Cc1ccc(Cl)cc1. The predicted octanol–water partition coefficient (Wildman–Crippen LogP) is 5.63. The Morgan fingerprint density at radius 1 is 1.30 bits per heavy atom. The van der Waals surface area contributed by atoms with E-state index in [9.17, 15) is 4.79 Å². The van der Waals surface area contributed by atoms with Crippen molar-refractivity contribution in [3.05, 3.63) is 70.4 Å². The number of aromatic nitrogens is 2. The number of hydrazone groups is 1. The smallest absolute Gasteiger partial charge is 0.244 e. The molecule has 0 spiro atoms. The molecule has 10 heteroatoms. The van der Waals surface area contributed by atoms with Gasteiger partial charge in [0.1, 0.15) is 0 Å². The summed E-state index contributed by atoms with van der Waals surface area (Å²) in [5, 5.41) is 9.09. The van der Waals surface area contributed by atoms with E-state index in [-0.39, 0.29) is 12.3 Å². The van der Waals surface area contributed by atoms with E-state index < -0.39 is 0 Å². The minimum absolute atomic E-state index is 0.197. The summed E-state index contributed by atoms with van der Waals surface area (Å²) in [5.41, 5.74) is 5.27. The fourth-order valence-corrected chi connectivity index (χ4v) is 5.61. The fraction of sp³-hybridized carbons (Fsp3) is 0.118. The second kappa shape index (κ2) is 9.47. The Kier molecular flexibility index (Phi) is 7.27. The second-order valence-electron chi connectivity index (χ2n) is 5.48. The van der Waals surface area contributed by atoms with Crippen LogP contribution >= 0.6 is 70.7 Å². The first-order valence-corrected chi connectivity index (χ1v) is 11.2. The van der Waals surface area contributed by atoms with Gasteiger partial charge >= 0.3 is 0 Å². The van der Waals surface area contributed by atoms with Crippen molar-refractivity contribution in [2.75, 3.05) is 0 Å². The number of amides is 1. The summed E-state index contributed by atoms with van der Waals surface area (Å²) in [5.74, 6) is -0.197. The molecule has 0 aliphatic heterocycles. The van der Waals surface area contributed by atoms with E-state index in [1.54, 1.807) is 17.1 Å². The lowest BCUT2D eigenvalue weighted by molar-refractivity contribution is -0.120. The minimum Gasteiger partial charge on any atom is -0.273 e. The molecular weight excluding hydrogens is 583 g/mol. The molecule has 140 valence electrons. The largest absolute Gasteiger partial charge is 0.273 e. The first kappa shape index (κ1) is 20.7. The zero-order valence-electron chi connectivity index (χ0n) is 13.6. The monoisotopic (exact) mass is 592 g/mol. The highest BCUT2D eigenvalue weighted by Gasteiger charge is 2.11. The molecule has 0 saturated heterocycles. The second-order valence-corrected chi connectivity index (χ2v) is 10.5. The number of nitrogens with one attached hydrogen (secondary N) is 1. The van der Waals surface area contributed by atoms with Crippen molar-refractivity contribution in [2.45, 2.75) is 13.0 Å². The molecule has 1 N–H and O–H groups in total. The molecule has 5 nitrogen and oxygen atoms in total. The first-order valence-electron chi connectivity index (χ1n) is 7.63. The van der Waals surface area contributed by atoms with Crippen molar-refractivity contribution in [1.82, 2.24) is 15.2 Å². The molecule has 0 aliphatic carbocycles. The summed E-state index contributed by atoms with van der Waals surface area (Å²) in [6, 6.07) is 9.47. The molecule has 2 heterocycles. The van der Waals surface area contributed by atoms with Gasteiger partial charge < -0.3 is 0 Å². The van der Waals surface area contributed by atoms with E-state index in [1.807, 2.05) is 30.3 Å². The first-order chi connectivity index (χ1) is 12.9. The van der Waals surface area contributed by atoms with Crippen LogP contribution in [-0.4, -0.2) is 21.9 Å². The third-order valence-electron chi connectivity index (χ3n) is 3.53. The number of carbonyl (C=O) groups is 1. The maximum atomic E-state index is 12.1. The molecule has 2 aromatic heterocycles. The predicted molar refractivity (Wildman–Crippen MR) is 120 cm³/mol. The van der Waals surface area contributed by atoms with Crippen LogP contribution in [0.15, 0.2) is 53.7 Å². The number of hydrogen-bond donors (Lipinski definition) is 1. The van der Waals surface area contributed by atoms with Crippen LogP contribution in [-0.2, 0) is 17.8 Å². The van der Waals surface area contributed by atoms with Gasteiger partial charge in [-0.05, 0) is 77.1 Å². The Morgan fingerprint density at radius 3 is 2.70 bits per heavy atom. The molecule has 0 radical (unpaired) electrons. The van der Waals surface area contributed by atoms with Crippen molar-refractivity contribution in [3.8, 4) is 0 Å². The molecule has 0 unspecified atom stereocenters. The highest BCUT2D eigenvalue weighted by molar-refractivity contribution is 9.12. The molecular formula is C17H12Br3ClN4OS. The molecule has 0 saturated carbocycles.